The van der Waals surface area contributed by atoms with Gasteiger partial charge in [-0.15, -0.1) is 16.8 Å². The van der Waals surface area contributed by atoms with Gasteiger partial charge in [-0.1, -0.05) is 31.2 Å². The number of thioether (sulfide) groups is 1. The van der Waals surface area contributed by atoms with E-state index < -0.39 is 0 Å². The van der Waals surface area contributed by atoms with Gasteiger partial charge in [0, 0.05) is 12.3 Å². The normalized spacial score (nSPS) is 10.8. The molecule has 0 saturated carbocycles. The molecule has 2 aromatic heterocycles. The van der Waals surface area contributed by atoms with Gasteiger partial charge in [0.05, 0.1) is 11.8 Å². The fourth-order valence-electron chi connectivity index (χ4n) is 1.81. The molecule has 5 heteroatoms. The summed E-state index contributed by atoms with van der Waals surface area (Å²) < 4.78 is 7.43. The number of furan rings is 1. The van der Waals surface area contributed by atoms with E-state index in [4.69, 9.17) is 4.42 Å². The molecule has 2 heterocycles. The lowest BCUT2D eigenvalue weighted by molar-refractivity contribution is 0.534. The molecule has 0 aliphatic rings. The summed E-state index contributed by atoms with van der Waals surface area (Å²) in [5.41, 5.74) is 0.997. The first kappa shape index (κ1) is 13.9. The van der Waals surface area contributed by atoms with Gasteiger partial charge >= 0.3 is 0 Å². The maximum Gasteiger partial charge on any atom is 0.191 e. The van der Waals surface area contributed by atoms with E-state index in [9.17, 15) is 0 Å². The fourth-order valence-corrected chi connectivity index (χ4v) is 2.84. The molecule has 0 aromatic carbocycles. The molecule has 4 nitrogen and oxygen atoms in total. The Morgan fingerprint density at radius 2 is 2.32 bits per heavy atom. The monoisotopic (exact) mass is 277 g/mol. The van der Waals surface area contributed by atoms with Gasteiger partial charge in [-0.05, 0) is 19.4 Å². The minimum atomic E-state index is 0.710. The molecule has 0 radical (unpaired) electrons. The maximum absolute atomic E-state index is 5.35. The second-order valence-corrected chi connectivity index (χ2v) is 5.36. The lowest BCUT2D eigenvalue weighted by Gasteiger charge is -2.06. The summed E-state index contributed by atoms with van der Waals surface area (Å²) in [6.45, 7) is 8.65. The Labute approximate surface area is 117 Å². The van der Waals surface area contributed by atoms with Crippen molar-refractivity contribution in [3.63, 3.8) is 0 Å². The highest BCUT2D eigenvalue weighted by Gasteiger charge is 2.16. The smallest absolute Gasteiger partial charge is 0.191 e. The largest absolute Gasteiger partial charge is 0.469 e. The van der Waals surface area contributed by atoms with E-state index in [1.54, 1.807) is 18.0 Å². The van der Waals surface area contributed by atoms with Crippen LogP contribution in [0.4, 0.5) is 0 Å². The Morgan fingerprint density at radius 3 is 2.95 bits per heavy atom. The molecule has 0 spiro atoms. The minimum absolute atomic E-state index is 0.710. The summed E-state index contributed by atoms with van der Waals surface area (Å²) in [6, 6.07) is 1.93. The molecular weight excluding hydrogens is 258 g/mol. The lowest BCUT2D eigenvalue weighted by Crippen LogP contribution is -2.01. The quantitative estimate of drug-likeness (QED) is 0.437. The van der Waals surface area contributed by atoms with E-state index in [0.717, 1.165) is 28.1 Å². The zero-order valence-corrected chi connectivity index (χ0v) is 12.2. The highest BCUT2D eigenvalue weighted by molar-refractivity contribution is 7.99. The van der Waals surface area contributed by atoms with Crippen LogP contribution in [0.3, 0.4) is 0 Å². The standard InChI is InChI=1S/C14H19N3OS/c1-4-6-10-19-14-16-15-13(17(14)8-5-2)12-7-9-18-11(12)3/h5,7,9H,2,4,6,8,10H2,1,3H3. The molecule has 0 fully saturated rings. The Kier molecular flexibility index (Phi) is 4.85. The molecule has 2 aromatic rings. The van der Waals surface area contributed by atoms with Crippen LogP contribution in [0.5, 0.6) is 0 Å². The van der Waals surface area contributed by atoms with Crippen LogP contribution in [-0.2, 0) is 6.54 Å². The van der Waals surface area contributed by atoms with Crippen LogP contribution in [0.15, 0.2) is 34.6 Å². The van der Waals surface area contributed by atoms with E-state index in [2.05, 4.69) is 28.3 Å². The number of nitrogens with zero attached hydrogens (tertiary/aromatic N) is 3. The number of unbranched alkanes of at least 4 members (excludes halogenated alkanes) is 1. The van der Waals surface area contributed by atoms with Crippen molar-refractivity contribution in [2.75, 3.05) is 5.75 Å². The molecule has 0 N–H and O–H groups in total. The Morgan fingerprint density at radius 1 is 1.47 bits per heavy atom. The highest BCUT2D eigenvalue weighted by atomic mass is 32.2. The molecule has 0 aliphatic carbocycles. The van der Waals surface area contributed by atoms with Gasteiger partial charge in [0.1, 0.15) is 5.76 Å². The van der Waals surface area contributed by atoms with Crippen molar-refractivity contribution in [3.05, 3.63) is 30.7 Å². The zero-order chi connectivity index (χ0) is 13.7. The van der Waals surface area contributed by atoms with Gasteiger partial charge < -0.3 is 4.42 Å². The number of aryl methyl sites for hydroxylation is 1. The third-order valence-corrected chi connectivity index (χ3v) is 3.91. The van der Waals surface area contributed by atoms with Gasteiger partial charge in [0.15, 0.2) is 11.0 Å². The molecule has 2 rings (SSSR count). The SMILES string of the molecule is C=CCn1c(SCCCC)nnc1-c1ccoc1C. The van der Waals surface area contributed by atoms with E-state index in [1.807, 2.05) is 19.1 Å². The van der Waals surface area contributed by atoms with Crippen molar-refractivity contribution in [1.82, 2.24) is 14.8 Å². The average molecular weight is 277 g/mol. The molecular formula is C14H19N3OS. The molecule has 0 unspecified atom stereocenters. The molecule has 0 bridgehead atoms. The number of aromatic nitrogens is 3. The second-order valence-electron chi connectivity index (χ2n) is 4.30. The first-order valence-corrected chi connectivity index (χ1v) is 7.47. The predicted octanol–water partition coefficient (Wildman–Crippen LogP) is 3.92. The van der Waals surface area contributed by atoms with Crippen LogP contribution in [0.2, 0.25) is 0 Å². The lowest BCUT2D eigenvalue weighted by atomic mass is 10.2. The Balaban J connectivity index is 2.29. The second kappa shape index (κ2) is 6.61. The first-order chi connectivity index (χ1) is 9.27. The fraction of sp³-hybridized carbons (Fsp3) is 0.429. The van der Waals surface area contributed by atoms with E-state index in [1.165, 1.54) is 12.8 Å². The van der Waals surface area contributed by atoms with Crippen molar-refractivity contribution in [2.45, 2.75) is 38.4 Å². The zero-order valence-electron chi connectivity index (χ0n) is 11.4. The summed E-state index contributed by atoms with van der Waals surface area (Å²) >= 11 is 1.75. The van der Waals surface area contributed by atoms with Crippen molar-refractivity contribution in [3.8, 4) is 11.4 Å². The van der Waals surface area contributed by atoms with Crippen LogP contribution in [0.25, 0.3) is 11.4 Å². The highest BCUT2D eigenvalue weighted by Crippen LogP contribution is 2.27. The Bertz CT molecular complexity index is 545. The van der Waals surface area contributed by atoms with Gasteiger partial charge in [0.2, 0.25) is 0 Å². The summed E-state index contributed by atoms with van der Waals surface area (Å²) in [6.07, 6.45) is 5.93. The van der Waals surface area contributed by atoms with E-state index >= 15 is 0 Å². The van der Waals surface area contributed by atoms with Crippen LogP contribution >= 0.6 is 11.8 Å². The minimum Gasteiger partial charge on any atom is -0.469 e. The van der Waals surface area contributed by atoms with Crippen LogP contribution < -0.4 is 0 Å². The average Bonchev–Trinajstić information content (AvgIpc) is 2.97. The number of rotatable bonds is 7. The summed E-state index contributed by atoms with van der Waals surface area (Å²) in [5.74, 6) is 2.78. The molecule has 0 aliphatic heterocycles. The van der Waals surface area contributed by atoms with Crippen molar-refractivity contribution < 1.29 is 4.42 Å². The van der Waals surface area contributed by atoms with Gasteiger partial charge in [-0.2, -0.15) is 0 Å². The topological polar surface area (TPSA) is 43.9 Å². The van der Waals surface area contributed by atoms with Crippen molar-refractivity contribution >= 4 is 11.8 Å². The summed E-state index contributed by atoms with van der Waals surface area (Å²) in [7, 11) is 0. The third kappa shape index (κ3) is 3.10. The third-order valence-electron chi connectivity index (χ3n) is 2.86. The van der Waals surface area contributed by atoms with E-state index in [-0.39, 0.29) is 0 Å². The van der Waals surface area contributed by atoms with Crippen molar-refractivity contribution in [1.29, 1.82) is 0 Å². The number of hydrogen-bond acceptors (Lipinski definition) is 4. The first-order valence-electron chi connectivity index (χ1n) is 6.49. The molecule has 0 saturated heterocycles. The van der Waals surface area contributed by atoms with E-state index in [0.29, 0.717) is 6.54 Å². The molecule has 0 atom stereocenters. The molecule has 102 valence electrons. The van der Waals surface area contributed by atoms with Gasteiger partial charge in [0.25, 0.3) is 0 Å². The predicted molar refractivity (Wildman–Crippen MR) is 78.3 cm³/mol. The molecule has 19 heavy (non-hydrogen) atoms. The maximum atomic E-state index is 5.35. The molecule has 0 amide bonds. The van der Waals surface area contributed by atoms with Gasteiger partial charge in [-0.25, -0.2) is 0 Å². The number of allylic oxidation sites excluding steroid dienone is 1. The summed E-state index contributed by atoms with van der Waals surface area (Å²) in [5, 5.41) is 9.54. The van der Waals surface area contributed by atoms with Crippen molar-refractivity contribution in [2.24, 2.45) is 0 Å². The summed E-state index contributed by atoms with van der Waals surface area (Å²) in [4.78, 5) is 0. The van der Waals surface area contributed by atoms with Gasteiger partial charge in [-0.3, -0.25) is 4.57 Å². The van der Waals surface area contributed by atoms with Crippen LogP contribution in [0, 0.1) is 6.92 Å². The number of hydrogen-bond donors (Lipinski definition) is 0. The van der Waals surface area contributed by atoms with Crippen LogP contribution in [0.1, 0.15) is 25.5 Å². The van der Waals surface area contributed by atoms with Crippen LogP contribution in [-0.4, -0.2) is 20.5 Å². The Hall–Kier alpha value is -1.49.